The van der Waals surface area contributed by atoms with Gasteiger partial charge in [0.25, 0.3) is 10.0 Å². The zero-order valence-corrected chi connectivity index (χ0v) is 20.9. The molecule has 0 unspecified atom stereocenters. The molecular formula is C22H19ClFN3O4S3. The van der Waals surface area contributed by atoms with Gasteiger partial charge in [0.05, 0.1) is 21.8 Å². The van der Waals surface area contributed by atoms with Crippen molar-refractivity contribution in [2.75, 3.05) is 11.4 Å². The van der Waals surface area contributed by atoms with Gasteiger partial charge in [-0.3, -0.25) is 9.69 Å². The summed E-state index contributed by atoms with van der Waals surface area (Å²) in [5.41, 5.74) is 0.168. The highest BCUT2D eigenvalue weighted by atomic mass is 35.5. The van der Waals surface area contributed by atoms with Crippen LogP contribution in [-0.4, -0.2) is 36.2 Å². The maximum atomic E-state index is 14.3. The third-order valence-corrected chi connectivity index (χ3v) is 10.3. The standard InChI is InChI=1S/C22H19ClFN3O4S3/c23-18-9-10-19(33-18)34(29,30)27-11-2-1-7-16(27)21(28)26(13-14-5-4-12-31-14)22-25-20-15(24)6-3-8-17(20)32-22/h3-6,8-10,12,16H,1-2,7,11,13H2/t16-/m0/s1. The lowest BCUT2D eigenvalue weighted by atomic mass is 10.0. The largest absolute Gasteiger partial charge is 0.467 e. The van der Waals surface area contributed by atoms with E-state index >= 15 is 0 Å². The summed E-state index contributed by atoms with van der Waals surface area (Å²) in [6, 6.07) is 10.1. The minimum atomic E-state index is -3.92. The first-order valence-corrected chi connectivity index (χ1v) is 14.0. The van der Waals surface area contributed by atoms with Gasteiger partial charge in [0.1, 0.15) is 27.3 Å². The molecular weight excluding hydrogens is 521 g/mol. The van der Waals surface area contributed by atoms with E-state index in [9.17, 15) is 17.6 Å². The van der Waals surface area contributed by atoms with Crippen molar-refractivity contribution in [3.63, 3.8) is 0 Å². The number of carbonyl (C=O) groups is 1. The fourth-order valence-corrected chi connectivity index (χ4v) is 8.24. The van der Waals surface area contributed by atoms with Gasteiger partial charge in [-0.2, -0.15) is 4.31 Å². The van der Waals surface area contributed by atoms with Crippen LogP contribution >= 0.6 is 34.3 Å². The van der Waals surface area contributed by atoms with Gasteiger partial charge in [-0.15, -0.1) is 11.3 Å². The highest BCUT2D eigenvalue weighted by Gasteiger charge is 2.41. The monoisotopic (exact) mass is 539 g/mol. The molecule has 1 aliphatic heterocycles. The smallest absolute Gasteiger partial charge is 0.253 e. The average Bonchev–Trinajstić information content (AvgIpc) is 3.58. The van der Waals surface area contributed by atoms with Gasteiger partial charge in [0.2, 0.25) is 5.91 Å². The summed E-state index contributed by atoms with van der Waals surface area (Å²) in [7, 11) is -3.92. The lowest BCUT2D eigenvalue weighted by molar-refractivity contribution is -0.123. The number of fused-ring (bicyclic) bond motifs is 1. The molecule has 34 heavy (non-hydrogen) atoms. The first-order chi connectivity index (χ1) is 16.3. The zero-order valence-electron chi connectivity index (χ0n) is 17.7. The van der Waals surface area contributed by atoms with Crippen LogP contribution in [0.1, 0.15) is 25.0 Å². The number of sulfonamides is 1. The normalized spacial score (nSPS) is 17.3. The SMILES string of the molecule is O=C([C@@H]1CCCCN1S(=O)(=O)c1ccc(Cl)s1)N(Cc1ccco1)c1nc2c(F)cccc2s1. The summed E-state index contributed by atoms with van der Waals surface area (Å²) in [6.07, 6.45) is 3.21. The lowest BCUT2D eigenvalue weighted by Gasteiger charge is -2.35. The minimum Gasteiger partial charge on any atom is -0.467 e. The van der Waals surface area contributed by atoms with E-state index in [1.165, 1.54) is 45.0 Å². The fraction of sp³-hybridized carbons (Fsp3) is 0.273. The Hall–Kier alpha value is -2.31. The topological polar surface area (TPSA) is 83.7 Å². The molecule has 0 bridgehead atoms. The molecule has 1 amide bonds. The van der Waals surface area contributed by atoms with Gasteiger partial charge in [0, 0.05) is 6.54 Å². The number of nitrogens with zero attached hydrogens (tertiary/aromatic N) is 3. The lowest BCUT2D eigenvalue weighted by Crippen LogP contribution is -2.52. The van der Waals surface area contributed by atoms with Crippen LogP contribution in [0.25, 0.3) is 10.2 Å². The first kappa shape index (κ1) is 23.4. The van der Waals surface area contributed by atoms with Crippen molar-refractivity contribution in [1.29, 1.82) is 0 Å². The van der Waals surface area contributed by atoms with E-state index in [1.54, 1.807) is 24.3 Å². The second kappa shape index (κ2) is 9.38. The molecule has 1 aromatic carbocycles. The van der Waals surface area contributed by atoms with Crippen LogP contribution in [0.5, 0.6) is 0 Å². The van der Waals surface area contributed by atoms with E-state index in [0.717, 1.165) is 11.3 Å². The second-order valence-corrected chi connectivity index (χ2v) is 12.6. The Balaban J connectivity index is 1.54. The number of hydrogen-bond donors (Lipinski definition) is 0. The number of furan rings is 1. The van der Waals surface area contributed by atoms with Crippen LogP contribution in [0.15, 0.2) is 57.4 Å². The maximum Gasteiger partial charge on any atom is 0.253 e. The predicted octanol–water partition coefficient (Wildman–Crippen LogP) is 5.52. The molecule has 5 rings (SSSR count). The summed E-state index contributed by atoms with van der Waals surface area (Å²) in [6.45, 7) is 0.264. The molecule has 178 valence electrons. The minimum absolute atomic E-state index is 0.0441. The molecule has 0 saturated carbocycles. The number of benzene rings is 1. The highest BCUT2D eigenvalue weighted by molar-refractivity contribution is 7.91. The van der Waals surface area contributed by atoms with Crippen molar-refractivity contribution in [3.05, 3.63) is 64.6 Å². The van der Waals surface area contributed by atoms with Crippen LogP contribution in [0.4, 0.5) is 9.52 Å². The molecule has 4 heterocycles. The van der Waals surface area contributed by atoms with Gasteiger partial charge in [-0.1, -0.05) is 35.4 Å². The molecule has 1 saturated heterocycles. The Morgan fingerprint density at radius 3 is 2.76 bits per heavy atom. The van der Waals surface area contributed by atoms with E-state index < -0.39 is 27.8 Å². The quantitative estimate of drug-likeness (QED) is 0.322. The molecule has 0 spiro atoms. The van der Waals surface area contributed by atoms with E-state index in [0.29, 0.717) is 34.1 Å². The number of para-hydroxylation sites is 1. The van der Waals surface area contributed by atoms with Crippen molar-refractivity contribution in [3.8, 4) is 0 Å². The highest BCUT2D eigenvalue weighted by Crippen LogP contribution is 2.35. The number of piperidine rings is 1. The first-order valence-electron chi connectivity index (χ1n) is 10.5. The third-order valence-electron chi connectivity index (χ3n) is 5.60. The van der Waals surface area contributed by atoms with Crippen molar-refractivity contribution in [2.45, 2.75) is 36.1 Å². The van der Waals surface area contributed by atoms with Crippen molar-refractivity contribution in [2.24, 2.45) is 0 Å². The summed E-state index contributed by atoms with van der Waals surface area (Å²) in [5, 5.41) is 0.281. The summed E-state index contributed by atoms with van der Waals surface area (Å²) in [4.78, 5) is 19.7. The zero-order chi connectivity index (χ0) is 23.9. The number of amides is 1. The second-order valence-electron chi connectivity index (χ2n) is 7.77. The molecule has 0 radical (unpaired) electrons. The van der Waals surface area contributed by atoms with Crippen LogP contribution in [0, 0.1) is 5.82 Å². The Bertz CT molecular complexity index is 1430. The molecule has 1 fully saturated rings. The van der Waals surface area contributed by atoms with Crippen LogP contribution < -0.4 is 4.90 Å². The number of hydrogen-bond acceptors (Lipinski definition) is 7. The van der Waals surface area contributed by atoms with E-state index in [1.807, 2.05) is 0 Å². The number of anilines is 1. The summed E-state index contributed by atoms with van der Waals surface area (Å²) >= 11 is 8.11. The molecule has 3 aromatic heterocycles. The molecule has 7 nitrogen and oxygen atoms in total. The van der Waals surface area contributed by atoms with Gasteiger partial charge in [0.15, 0.2) is 5.13 Å². The Morgan fingerprint density at radius 1 is 1.21 bits per heavy atom. The number of halogens is 2. The van der Waals surface area contributed by atoms with Gasteiger partial charge >= 0.3 is 0 Å². The number of aromatic nitrogens is 1. The maximum absolute atomic E-state index is 14.3. The van der Waals surface area contributed by atoms with E-state index in [-0.39, 0.29) is 27.9 Å². The molecule has 1 aliphatic rings. The van der Waals surface area contributed by atoms with E-state index in [4.69, 9.17) is 16.0 Å². The van der Waals surface area contributed by atoms with Gasteiger partial charge < -0.3 is 4.42 Å². The Morgan fingerprint density at radius 2 is 2.06 bits per heavy atom. The number of thiophene rings is 1. The molecule has 0 N–H and O–H groups in total. The van der Waals surface area contributed by atoms with Crippen molar-refractivity contribution >= 4 is 65.6 Å². The van der Waals surface area contributed by atoms with Gasteiger partial charge in [-0.25, -0.2) is 17.8 Å². The van der Waals surface area contributed by atoms with Gasteiger partial charge in [-0.05, 0) is 49.2 Å². The van der Waals surface area contributed by atoms with Crippen LogP contribution in [-0.2, 0) is 21.4 Å². The van der Waals surface area contributed by atoms with E-state index in [2.05, 4.69) is 4.98 Å². The molecule has 12 heteroatoms. The van der Waals surface area contributed by atoms with Crippen LogP contribution in [0.2, 0.25) is 4.34 Å². The Kier molecular flexibility index (Phi) is 6.47. The third kappa shape index (κ3) is 4.38. The van der Waals surface area contributed by atoms with Crippen molar-refractivity contribution < 1.29 is 22.0 Å². The Labute approximate surface area is 208 Å². The summed E-state index contributed by atoms with van der Waals surface area (Å²) in [5.74, 6) is -0.410. The summed E-state index contributed by atoms with van der Waals surface area (Å²) < 4.78 is 48.9. The number of carbonyl (C=O) groups excluding carboxylic acids is 1. The predicted molar refractivity (Wildman–Crippen MR) is 130 cm³/mol. The molecule has 0 aliphatic carbocycles. The fourth-order valence-electron chi connectivity index (χ4n) is 3.99. The average molecular weight is 540 g/mol. The van der Waals surface area contributed by atoms with Crippen molar-refractivity contribution in [1.82, 2.24) is 9.29 Å². The molecule has 1 atom stereocenters. The molecule has 4 aromatic rings. The number of thiazole rings is 1. The number of rotatable bonds is 6. The van der Waals surface area contributed by atoms with Crippen LogP contribution in [0.3, 0.4) is 0 Å².